The molecule has 2 aliphatic heterocycles. The second-order valence-electron chi connectivity index (χ2n) is 14.3. The van der Waals surface area contributed by atoms with Crippen molar-refractivity contribution >= 4 is 52.5 Å². The monoisotopic (exact) mass is 717 g/mol. The van der Waals surface area contributed by atoms with Gasteiger partial charge >= 0.3 is 0 Å². The third-order valence-corrected chi connectivity index (χ3v) is 11.3. The molecule has 6 atom stereocenters. The van der Waals surface area contributed by atoms with E-state index in [2.05, 4.69) is 5.43 Å². The molecule has 50 heavy (non-hydrogen) atoms. The summed E-state index contributed by atoms with van der Waals surface area (Å²) < 4.78 is 10.8. The molecule has 0 spiro atoms. The van der Waals surface area contributed by atoms with Gasteiger partial charge in [-0.1, -0.05) is 53.1 Å². The number of aromatic hydroxyl groups is 1. The molecule has 1 saturated carbocycles. The fourth-order valence-electron chi connectivity index (χ4n) is 8.74. The first-order valence-corrected chi connectivity index (χ1v) is 17.2. The number of hydrogen-bond acceptors (Lipinski definition) is 8. The Kier molecular flexibility index (Phi) is 8.18. The topological polar surface area (TPSA) is 125 Å². The van der Waals surface area contributed by atoms with Crippen LogP contribution in [0.1, 0.15) is 50.7 Å². The van der Waals surface area contributed by atoms with Gasteiger partial charge in [-0.2, -0.15) is 5.01 Å². The van der Waals surface area contributed by atoms with E-state index in [1.807, 2.05) is 26.8 Å². The highest BCUT2D eigenvalue weighted by Gasteiger charge is 2.71. The van der Waals surface area contributed by atoms with Gasteiger partial charge in [-0.25, -0.2) is 0 Å². The van der Waals surface area contributed by atoms with Crippen LogP contribution in [0.15, 0.2) is 72.3 Å². The Balaban J connectivity index is 1.48. The van der Waals surface area contributed by atoms with Crippen LogP contribution in [0.25, 0.3) is 0 Å². The molecule has 3 fully saturated rings. The minimum atomic E-state index is -1.59. The summed E-state index contributed by atoms with van der Waals surface area (Å²) in [6, 6.07) is 16.5. The minimum Gasteiger partial charge on any atom is -0.508 e. The Bertz CT molecular complexity index is 1970. The van der Waals surface area contributed by atoms with Crippen molar-refractivity contribution in [3.8, 4) is 17.2 Å². The predicted molar refractivity (Wildman–Crippen MR) is 187 cm³/mol. The summed E-state index contributed by atoms with van der Waals surface area (Å²) in [7, 11) is 3.02. The molecule has 0 bridgehead atoms. The van der Waals surface area contributed by atoms with E-state index in [1.165, 1.54) is 31.3 Å². The molecule has 2 aliphatic carbocycles. The van der Waals surface area contributed by atoms with Crippen LogP contribution in [0.2, 0.25) is 10.0 Å². The van der Waals surface area contributed by atoms with Gasteiger partial charge in [0.15, 0.2) is 0 Å². The van der Waals surface area contributed by atoms with Gasteiger partial charge in [0.05, 0.1) is 48.1 Å². The average molecular weight is 719 g/mol. The number of nitrogens with one attached hydrogen (secondary N) is 1. The molecule has 2 N–H and O–H groups in total. The highest BCUT2D eigenvalue weighted by molar-refractivity contribution is 6.36. The number of methoxy groups -OCH3 is 2. The van der Waals surface area contributed by atoms with E-state index in [4.69, 9.17) is 32.7 Å². The van der Waals surface area contributed by atoms with Crippen LogP contribution < -0.4 is 14.9 Å². The number of anilines is 1. The fraction of sp³-hybridized carbons (Fsp3) is 0.368. The molecule has 2 saturated heterocycles. The first-order chi connectivity index (χ1) is 23.7. The van der Waals surface area contributed by atoms with E-state index < -0.39 is 52.4 Å². The van der Waals surface area contributed by atoms with Gasteiger partial charge in [0.2, 0.25) is 11.8 Å². The summed E-state index contributed by atoms with van der Waals surface area (Å²) in [5.41, 5.74) is 2.56. The van der Waals surface area contributed by atoms with Crippen molar-refractivity contribution in [2.45, 2.75) is 50.5 Å². The van der Waals surface area contributed by atoms with Gasteiger partial charge < -0.3 is 14.6 Å². The molecular formula is C38H37Cl2N3O7. The van der Waals surface area contributed by atoms with E-state index in [9.17, 15) is 19.5 Å². The van der Waals surface area contributed by atoms with Crippen molar-refractivity contribution in [1.82, 2.24) is 9.91 Å². The number of imide groups is 2. The summed E-state index contributed by atoms with van der Waals surface area (Å²) in [6.45, 7) is 5.48. The fourth-order valence-corrected chi connectivity index (χ4v) is 9.19. The number of rotatable bonds is 6. The minimum absolute atomic E-state index is 0.112. The number of amides is 4. The Hall–Kier alpha value is -4.54. The predicted octanol–water partition coefficient (Wildman–Crippen LogP) is 6.50. The number of likely N-dealkylation sites (tertiary alicyclic amines) is 1. The third kappa shape index (κ3) is 4.90. The quantitative estimate of drug-likeness (QED) is 0.219. The average Bonchev–Trinajstić information content (AvgIpc) is 3.47. The Morgan fingerprint density at radius 1 is 0.860 bits per heavy atom. The molecule has 0 aromatic heterocycles. The van der Waals surface area contributed by atoms with E-state index in [0.717, 1.165) is 10.6 Å². The number of fused-ring (bicyclic) bond motifs is 4. The van der Waals surface area contributed by atoms with Crippen molar-refractivity contribution in [3.63, 3.8) is 0 Å². The van der Waals surface area contributed by atoms with Crippen LogP contribution in [-0.2, 0) is 24.6 Å². The number of carbonyl (C=O) groups is 4. The molecule has 3 aromatic carbocycles. The number of ether oxygens (including phenoxy) is 2. The lowest BCUT2D eigenvalue weighted by atomic mass is 9.49. The van der Waals surface area contributed by atoms with E-state index in [0.29, 0.717) is 33.3 Å². The summed E-state index contributed by atoms with van der Waals surface area (Å²) >= 11 is 12.7. The van der Waals surface area contributed by atoms with Crippen LogP contribution in [0.5, 0.6) is 17.2 Å². The van der Waals surface area contributed by atoms with Gasteiger partial charge in [-0.3, -0.25) is 29.5 Å². The smallest absolute Gasteiger partial charge is 0.260 e. The van der Waals surface area contributed by atoms with Crippen molar-refractivity contribution in [3.05, 3.63) is 93.5 Å². The van der Waals surface area contributed by atoms with Gasteiger partial charge in [-0.15, -0.1) is 0 Å². The van der Waals surface area contributed by atoms with E-state index in [1.54, 1.807) is 48.5 Å². The number of halogens is 2. The summed E-state index contributed by atoms with van der Waals surface area (Å²) in [4.78, 5) is 59.5. The molecule has 260 valence electrons. The van der Waals surface area contributed by atoms with Gasteiger partial charge in [-0.05, 0) is 81.5 Å². The second kappa shape index (κ2) is 12.1. The van der Waals surface area contributed by atoms with Crippen LogP contribution >= 0.6 is 23.2 Å². The van der Waals surface area contributed by atoms with Crippen LogP contribution in [0.3, 0.4) is 0 Å². The molecule has 6 unspecified atom stereocenters. The second-order valence-corrected chi connectivity index (χ2v) is 15.2. The number of phenols is 1. The maximum atomic E-state index is 15.3. The maximum Gasteiger partial charge on any atom is 0.260 e. The number of hydrogen-bond donors (Lipinski definition) is 2. The lowest BCUT2D eigenvalue weighted by Crippen LogP contribution is -2.53. The standard InChI is InChI=1S/C38H37Cl2N3O7/c1-37(2,3)42-33(45)25-14-13-23-26(31(25)35(42)47)18-27-34(46)43(41-29-15-8-20(39)16-28(29)40)36(48)38(27,19-6-9-21(49-4)10-7-19)32(23)24-12-11-22(50-5)17-30(24)44/h6-13,15-17,25-27,31-32,41,44H,14,18H2,1-5H3. The zero-order valence-electron chi connectivity index (χ0n) is 28.2. The summed E-state index contributed by atoms with van der Waals surface area (Å²) in [6.07, 6.45) is 2.33. The van der Waals surface area contributed by atoms with E-state index in [-0.39, 0.29) is 35.4 Å². The molecule has 2 heterocycles. The molecule has 12 heteroatoms. The molecular weight excluding hydrogens is 681 g/mol. The highest BCUT2D eigenvalue weighted by atomic mass is 35.5. The molecule has 10 nitrogen and oxygen atoms in total. The molecule has 0 radical (unpaired) electrons. The third-order valence-electron chi connectivity index (χ3n) is 10.8. The van der Waals surface area contributed by atoms with Crippen molar-refractivity contribution in [2.24, 2.45) is 23.7 Å². The van der Waals surface area contributed by atoms with Crippen molar-refractivity contribution in [1.29, 1.82) is 0 Å². The van der Waals surface area contributed by atoms with Gasteiger partial charge in [0, 0.05) is 28.1 Å². The number of phenolic OH excluding ortho intramolecular Hbond substituents is 1. The lowest BCUT2D eigenvalue weighted by molar-refractivity contribution is -0.146. The Morgan fingerprint density at radius 2 is 1.54 bits per heavy atom. The molecule has 3 aromatic rings. The number of benzene rings is 3. The summed E-state index contributed by atoms with van der Waals surface area (Å²) in [5, 5.41) is 13.2. The zero-order valence-corrected chi connectivity index (χ0v) is 29.7. The number of allylic oxidation sites excluding steroid dienone is 2. The first-order valence-electron chi connectivity index (χ1n) is 16.4. The van der Waals surface area contributed by atoms with Crippen LogP contribution in [-0.4, -0.2) is 58.4 Å². The van der Waals surface area contributed by atoms with Crippen LogP contribution in [0.4, 0.5) is 5.69 Å². The van der Waals surface area contributed by atoms with Gasteiger partial charge in [0.1, 0.15) is 17.2 Å². The van der Waals surface area contributed by atoms with Crippen molar-refractivity contribution < 1.29 is 33.8 Å². The number of nitrogens with zero attached hydrogens (tertiary/aromatic N) is 2. The largest absolute Gasteiger partial charge is 0.508 e. The molecule has 4 aliphatic rings. The maximum absolute atomic E-state index is 15.3. The normalized spacial score (nSPS) is 27.5. The Morgan fingerprint density at radius 3 is 2.16 bits per heavy atom. The molecule has 7 rings (SSSR count). The van der Waals surface area contributed by atoms with Crippen molar-refractivity contribution in [2.75, 3.05) is 19.6 Å². The number of hydrazine groups is 1. The summed E-state index contributed by atoms with van der Waals surface area (Å²) in [5.74, 6) is -4.66. The number of carbonyl (C=O) groups excluding carboxylic acids is 4. The highest BCUT2D eigenvalue weighted by Crippen LogP contribution is 2.65. The zero-order chi connectivity index (χ0) is 35.9. The van der Waals surface area contributed by atoms with Crippen LogP contribution in [0, 0.1) is 23.7 Å². The lowest BCUT2D eigenvalue weighted by Gasteiger charge is -2.50. The van der Waals surface area contributed by atoms with Gasteiger partial charge in [0.25, 0.3) is 11.8 Å². The van der Waals surface area contributed by atoms with E-state index >= 15 is 4.79 Å². The first kappa shape index (κ1) is 33.9. The SMILES string of the molecule is COc1ccc(C23C(=O)N(Nc4ccc(Cl)cc4Cl)C(=O)C2CC2C(=CCC4C(=O)N(C(C)(C)C)C(=O)C42)C3c2ccc(OC)cc2O)cc1. The molecule has 4 amide bonds. The Labute approximate surface area is 299 Å².